The van der Waals surface area contributed by atoms with Crippen molar-refractivity contribution in [3.63, 3.8) is 0 Å². The number of halogens is 4. The number of urea groups is 1. The first-order valence-electron chi connectivity index (χ1n) is 8.10. The van der Waals surface area contributed by atoms with Crippen LogP contribution >= 0.6 is 11.6 Å². The van der Waals surface area contributed by atoms with E-state index in [1.165, 1.54) is 11.0 Å². The van der Waals surface area contributed by atoms with E-state index in [0.29, 0.717) is 11.6 Å². The number of carbonyl (C=O) groups excluding carboxylic acids is 1. The molecule has 136 valence electrons. The molecule has 2 aromatic rings. The van der Waals surface area contributed by atoms with Crippen molar-refractivity contribution in [2.75, 3.05) is 11.4 Å². The molecule has 2 amide bonds. The molecule has 5 nitrogen and oxygen atoms in total. The molecule has 3 heterocycles. The molecule has 26 heavy (non-hydrogen) atoms. The SMILES string of the molecule is O=C1NCC(c2cc(Cl)nc(C(F)(F)F)c2)N1c1cnccc1C1CC1. The molecule has 9 heteroatoms. The first kappa shape index (κ1) is 17.1. The number of pyridine rings is 2. The molecular weight excluding hydrogens is 369 g/mol. The summed E-state index contributed by atoms with van der Waals surface area (Å²) in [5, 5.41) is 2.43. The first-order chi connectivity index (χ1) is 12.3. The summed E-state index contributed by atoms with van der Waals surface area (Å²) in [7, 11) is 0. The van der Waals surface area contributed by atoms with Crippen molar-refractivity contribution in [2.45, 2.75) is 31.0 Å². The summed E-state index contributed by atoms with van der Waals surface area (Å²) >= 11 is 5.81. The van der Waals surface area contributed by atoms with Gasteiger partial charge in [0.25, 0.3) is 0 Å². The van der Waals surface area contributed by atoms with Gasteiger partial charge in [0.2, 0.25) is 0 Å². The number of aromatic nitrogens is 2. The van der Waals surface area contributed by atoms with E-state index in [0.717, 1.165) is 24.5 Å². The highest BCUT2D eigenvalue weighted by atomic mass is 35.5. The molecule has 1 N–H and O–H groups in total. The summed E-state index contributed by atoms with van der Waals surface area (Å²) in [6.45, 7) is 0.176. The van der Waals surface area contributed by atoms with E-state index in [2.05, 4.69) is 15.3 Å². The molecule has 1 aliphatic heterocycles. The van der Waals surface area contributed by atoms with Gasteiger partial charge in [-0.2, -0.15) is 13.2 Å². The Morgan fingerprint density at radius 2 is 2.04 bits per heavy atom. The summed E-state index contributed by atoms with van der Waals surface area (Å²) in [5.74, 6) is 0.355. The topological polar surface area (TPSA) is 58.1 Å². The van der Waals surface area contributed by atoms with Gasteiger partial charge in [-0.25, -0.2) is 9.78 Å². The van der Waals surface area contributed by atoms with Crippen molar-refractivity contribution >= 4 is 23.3 Å². The van der Waals surface area contributed by atoms with Crippen LogP contribution in [0.5, 0.6) is 0 Å². The fourth-order valence-electron chi connectivity index (χ4n) is 3.24. The molecule has 2 aliphatic rings. The molecule has 0 aromatic carbocycles. The predicted octanol–water partition coefficient (Wildman–Crippen LogP) is 4.30. The van der Waals surface area contributed by atoms with E-state index >= 15 is 0 Å². The molecule has 4 rings (SSSR count). The zero-order valence-corrected chi connectivity index (χ0v) is 14.2. The Balaban J connectivity index is 1.77. The average molecular weight is 383 g/mol. The van der Waals surface area contributed by atoms with Gasteiger partial charge in [0.05, 0.1) is 17.9 Å². The number of anilines is 1. The second kappa shape index (κ2) is 6.12. The Labute approximate surface area is 152 Å². The summed E-state index contributed by atoms with van der Waals surface area (Å²) in [4.78, 5) is 21.4. The number of carbonyl (C=O) groups is 1. The summed E-state index contributed by atoms with van der Waals surface area (Å²) in [6.07, 6.45) is 0.672. The second-order valence-corrected chi connectivity index (χ2v) is 6.77. The Morgan fingerprint density at radius 3 is 2.73 bits per heavy atom. The van der Waals surface area contributed by atoms with E-state index in [9.17, 15) is 18.0 Å². The number of nitrogens with zero attached hydrogens (tertiary/aromatic N) is 3. The Bertz CT molecular complexity index is 869. The van der Waals surface area contributed by atoms with Gasteiger partial charge in [0.15, 0.2) is 0 Å². The molecule has 1 aliphatic carbocycles. The highest BCUT2D eigenvalue weighted by molar-refractivity contribution is 6.29. The lowest BCUT2D eigenvalue weighted by Crippen LogP contribution is -2.30. The third-order valence-corrected chi connectivity index (χ3v) is 4.77. The maximum atomic E-state index is 13.1. The molecular formula is C17H14ClF3N4O. The maximum absolute atomic E-state index is 13.1. The second-order valence-electron chi connectivity index (χ2n) is 6.39. The molecule has 2 fully saturated rings. The quantitative estimate of drug-likeness (QED) is 0.805. The molecule has 0 spiro atoms. The van der Waals surface area contributed by atoms with Gasteiger partial charge in [-0.15, -0.1) is 0 Å². The lowest BCUT2D eigenvalue weighted by atomic mass is 10.0. The third kappa shape index (κ3) is 3.09. The van der Waals surface area contributed by atoms with Crippen molar-refractivity contribution in [3.8, 4) is 0 Å². The Morgan fingerprint density at radius 1 is 1.27 bits per heavy atom. The summed E-state index contributed by atoms with van der Waals surface area (Å²) < 4.78 is 39.2. The van der Waals surface area contributed by atoms with E-state index in [1.54, 1.807) is 12.4 Å². The zero-order chi connectivity index (χ0) is 18.5. The van der Waals surface area contributed by atoms with Gasteiger partial charge in [-0.1, -0.05) is 11.6 Å². The summed E-state index contributed by atoms with van der Waals surface area (Å²) in [5.41, 5.74) is 0.809. The normalized spacial score (nSPS) is 20.4. The molecule has 1 unspecified atom stereocenters. The maximum Gasteiger partial charge on any atom is 0.433 e. The lowest BCUT2D eigenvalue weighted by Gasteiger charge is -2.26. The predicted molar refractivity (Wildman–Crippen MR) is 89.1 cm³/mol. The van der Waals surface area contributed by atoms with Crippen LogP contribution in [0.25, 0.3) is 0 Å². The van der Waals surface area contributed by atoms with E-state index in [-0.39, 0.29) is 23.3 Å². The smallest absolute Gasteiger partial charge is 0.335 e. The van der Waals surface area contributed by atoms with Crippen molar-refractivity contribution in [2.24, 2.45) is 0 Å². The Kier molecular flexibility index (Phi) is 4.02. The monoisotopic (exact) mass is 382 g/mol. The van der Waals surface area contributed by atoms with Gasteiger partial charge in [0.1, 0.15) is 10.8 Å². The van der Waals surface area contributed by atoms with Crippen molar-refractivity contribution in [1.82, 2.24) is 15.3 Å². The number of rotatable bonds is 3. The van der Waals surface area contributed by atoms with Crippen molar-refractivity contribution in [3.05, 3.63) is 52.6 Å². The van der Waals surface area contributed by atoms with Crippen LogP contribution in [0.1, 0.15) is 41.6 Å². The fourth-order valence-corrected chi connectivity index (χ4v) is 3.46. The van der Waals surface area contributed by atoms with Gasteiger partial charge in [0, 0.05) is 12.7 Å². The number of alkyl halides is 3. The minimum atomic E-state index is -4.62. The van der Waals surface area contributed by atoms with E-state index in [1.807, 2.05) is 6.07 Å². The van der Waals surface area contributed by atoms with Crippen molar-refractivity contribution < 1.29 is 18.0 Å². The minimum Gasteiger partial charge on any atom is -0.335 e. The molecule has 0 radical (unpaired) electrons. The van der Waals surface area contributed by atoms with Crippen LogP contribution in [0.3, 0.4) is 0 Å². The number of amides is 2. The highest BCUT2D eigenvalue weighted by Gasteiger charge is 2.39. The number of hydrogen-bond acceptors (Lipinski definition) is 3. The first-order valence-corrected chi connectivity index (χ1v) is 8.48. The average Bonchev–Trinajstić information content (AvgIpc) is 3.36. The Hall–Kier alpha value is -2.35. The van der Waals surface area contributed by atoms with E-state index < -0.39 is 17.9 Å². The summed E-state index contributed by atoms with van der Waals surface area (Å²) in [6, 6.07) is 3.17. The molecule has 1 saturated heterocycles. The number of nitrogens with one attached hydrogen (secondary N) is 1. The standard InChI is InChI=1S/C17H14ClF3N4O/c18-15-6-10(5-14(24-15)17(19,20)21)12-8-23-16(26)25(12)13-7-22-4-3-11(13)9-1-2-9/h3-7,9,12H,1-2,8H2,(H,23,26). The van der Waals surface area contributed by atoms with Crippen LogP contribution in [-0.4, -0.2) is 22.5 Å². The van der Waals surface area contributed by atoms with Crippen LogP contribution in [0, 0.1) is 0 Å². The van der Waals surface area contributed by atoms with Crippen LogP contribution in [0.2, 0.25) is 5.15 Å². The van der Waals surface area contributed by atoms with Gasteiger partial charge in [-0.3, -0.25) is 9.88 Å². The lowest BCUT2D eigenvalue weighted by molar-refractivity contribution is -0.141. The number of hydrogen-bond donors (Lipinski definition) is 1. The molecule has 1 atom stereocenters. The molecule has 2 aromatic heterocycles. The molecule has 1 saturated carbocycles. The minimum absolute atomic E-state index is 0.176. The van der Waals surface area contributed by atoms with Gasteiger partial charge >= 0.3 is 12.2 Å². The third-order valence-electron chi connectivity index (χ3n) is 4.58. The van der Waals surface area contributed by atoms with Gasteiger partial charge < -0.3 is 5.32 Å². The zero-order valence-electron chi connectivity index (χ0n) is 13.4. The van der Waals surface area contributed by atoms with Crippen LogP contribution < -0.4 is 10.2 Å². The largest absolute Gasteiger partial charge is 0.433 e. The van der Waals surface area contributed by atoms with Crippen LogP contribution in [0.4, 0.5) is 23.7 Å². The van der Waals surface area contributed by atoms with Crippen molar-refractivity contribution in [1.29, 1.82) is 0 Å². The van der Waals surface area contributed by atoms with Crippen LogP contribution in [0.15, 0.2) is 30.6 Å². The highest BCUT2D eigenvalue weighted by Crippen LogP contribution is 2.46. The van der Waals surface area contributed by atoms with Gasteiger partial charge in [-0.05, 0) is 48.1 Å². The fraction of sp³-hybridized carbons (Fsp3) is 0.353. The molecule has 0 bridgehead atoms. The van der Waals surface area contributed by atoms with E-state index in [4.69, 9.17) is 11.6 Å². The van der Waals surface area contributed by atoms with Crippen LogP contribution in [-0.2, 0) is 6.18 Å².